The van der Waals surface area contributed by atoms with Gasteiger partial charge in [0.25, 0.3) is 0 Å². The first kappa shape index (κ1) is 18.3. The molecule has 5 heteroatoms. The molecule has 0 saturated carbocycles. The summed E-state index contributed by atoms with van der Waals surface area (Å²) in [4.78, 5) is 16.3. The van der Waals surface area contributed by atoms with Crippen molar-refractivity contribution >= 4 is 34.1 Å². The molecule has 1 N–H and O–H groups in total. The van der Waals surface area contributed by atoms with E-state index in [4.69, 9.17) is 11.6 Å². The molecule has 0 saturated heterocycles. The lowest BCUT2D eigenvalue weighted by Gasteiger charge is -2.05. The number of carbonyl (C=O) groups is 1. The number of anilines is 1. The van der Waals surface area contributed by atoms with Crippen LogP contribution in [0.3, 0.4) is 0 Å². The van der Waals surface area contributed by atoms with E-state index in [9.17, 15) is 4.79 Å². The average molecular weight is 390 g/mol. The molecule has 140 valence electrons. The smallest absolute Gasteiger partial charge is 0.224 e. The minimum absolute atomic E-state index is 0.0115. The Morgan fingerprint density at radius 1 is 1.04 bits per heavy atom. The third kappa shape index (κ3) is 4.24. The fourth-order valence-electron chi connectivity index (χ4n) is 3.35. The molecule has 0 aliphatic carbocycles. The number of hydrogen-bond acceptors (Lipinski definition) is 2. The topological polar surface area (TPSA) is 46.9 Å². The fourth-order valence-corrected chi connectivity index (χ4v) is 3.47. The van der Waals surface area contributed by atoms with Crippen LogP contribution in [-0.2, 0) is 17.8 Å². The van der Waals surface area contributed by atoms with Crippen LogP contribution in [0.5, 0.6) is 0 Å². The van der Waals surface area contributed by atoms with E-state index in [0.717, 1.165) is 17.3 Å². The second-order valence-corrected chi connectivity index (χ2v) is 7.15. The van der Waals surface area contributed by atoms with Crippen LogP contribution in [0.4, 0.5) is 5.69 Å². The van der Waals surface area contributed by atoms with Gasteiger partial charge < -0.3 is 9.88 Å². The van der Waals surface area contributed by atoms with E-state index in [2.05, 4.69) is 33.2 Å². The molecule has 0 aliphatic rings. The highest BCUT2D eigenvalue weighted by Gasteiger charge is 2.11. The summed E-state index contributed by atoms with van der Waals surface area (Å²) in [6.07, 6.45) is 6.59. The molecule has 0 radical (unpaired) electrons. The molecule has 1 amide bonds. The van der Waals surface area contributed by atoms with Gasteiger partial charge in [-0.3, -0.25) is 9.78 Å². The molecule has 4 nitrogen and oxygen atoms in total. The molecule has 0 bridgehead atoms. The van der Waals surface area contributed by atoms with Crippen molar-refractivity contribution in [3.8, 4) is 0 Å². The second kappa shape index (κ2) is 8.28. The van der Waals surface area contributed by atoms with Gasteiger partial charge in [0.15, 0.2) is 0 Å². The Balaban J connectivity index is 1.51. The number of carbonyl (C=O) groups excluding carboxylic acids is 1. The Labute approximate surface area is 168 Å². The summed E-state index contributed by atoms with van der Waals surface area (Å²) >= 11 is 5.99. The Bertz CT molecular complexity index is 1090. The highest BCUT2D eigenvalue weighted by atomic mass is 35.5. The number of aryl methyl sites for hydroxylation is 1. The van der Waals surface area contributed by atoms with Gasteiger partial charge in [-0.15, -0.1) is 0 Å². The fraction of sp³-hybridized carbons (Fsp3) is 0.130. The van der Waals surface area contributed by atoms with Crippen LogP contribution in [-0.4, -0.2) is 15.5 Å². The van der Waals surface area contributed by atoms with Gasteiger partial charge in [-0.05, 0) is 47.9 Å². The molecule has 0 atom stereocenters. The Morgan fingerprint density at radius 3 is 2.64 bits per heavy atom. The maximum atomic E-state index is 12.3. The van der Waals surface area contributed by atoms with Crippen LogP contribution >= 0.6 is 11.6 Å². The number of nitrogens with one attached hydrogen (secondary N) is 1. The average Bonchev–Trinajstić information content (AvgIpc) is 3.07. The first-order chi connectivity index (χ1) is 13.7. The number of pyridine rings is 1. The van der Waals surface area contributed by atoms with Gasteiger partial charge in [-0.1, -0.05) is 41.9 Å². The predicted molar refractivity (Wildman–Crippen MR) is 114 cm³/mol. The van der Waals surface area contributed by atoms with Crippen LogP contribution in [0.15, 0.2) is 79.3 Å². The van der Waals surface area contributed by atoms with Crippen LogP contribution in [0.1, 0.15) is 17.5 Å². The first-order valence-electron chi connectivity index (χ1n) is 9.20. The third-order valence-corrected chi connectivity index (χ3v) is 4.96. The monoisotopic (exact) mass is 389 g/mol. The van der Waals surface area contributed by atoms with Gasteiger partial charge in [-0.2, -0.15) is 0 Å². The molecular weight excluding hydrogens is 370 g/mol. The van der Waals surface area contributed by atoms with Crippen LogP contribution in [0.2, 0.25) is 5.02 Å². The lowest BCUT2D eigenvalue weighted by Crippen LogP contribution is -2.12. The zero-order valence-corrected chi connectivity index (χ0v) is 16.1. The van der Waals surface area contributed by atoms with Crippen molar-refractivity contribution in [2.45, 2.75) is 19.4 Å². The van der Waals surface area contributed by atoms with Crippen molar-refractivity contribution in [3.05, 3.63) is 95.4 Å². The number of halogens is 1. The van der Waals surface area contributed by atoms with E-state index in [1.807, 2.05) is 42.5 Å². The minimum Gasteiger partial charge on any atom is -0.343 e. The van der Waals surface area contributed by atoms with Crippen molar-refractivity contribution in [2.24, 2.45) is 0 Å². The summed E-state index contributed by atoms with van der Waals surface area (Å²) in [6, 6.07) is 19.8. The number of amides is 1. The summed E-state index contributed by atoms with van der Waals surface area (Å²) in [5.41, 5.74) is 4.25. The number of rotatable bonds is 6. The van der Waals surface area contributed by atoms with Crippen molar-refractivity contribution in [1.82, 2.24) is 9.55 Å². The van der Waals surface area contributed by atoms with Crippen molar-refractivity contribution in [2.75, 3.05) is 5.32 Å². The van der Waals surface area contributed by atoms with E-state index >= 15 is 0 Å². The quantitative estimate of drug-likeness (QED) is 0.485. The zero-order chi connectivity index (χ0) is 19.3. The highest BCUT2D eigenvalue weighted by Crippen LogP contribution is 2.24. The molecule has 2 heterocycles. The van der Waals surface area contributed by atoms with E-state index in [1.54, 1.807) is 18.5 Å². The number of para-hydroxylation sites is 1. The van der Waals surface area contributed by atoms with Crippen molar-refractivity contribution in [1.29, 1.82) is 0 Å². The maximum Gasteiger partial charge on any atom is 0.224 e. The number of benzene rings is 2. The van der Waals surface area contributed by atoms with Crippen LogP contribution in [0.25, 0.3) is 10.9 Å². The summed E-state index contributed by atoms with van der Waals surface area (Å²) in [6.45, 7) is 0.763. The summed E-state index contributed by atoms with van der Waals surface area (Å²) in [5, 5.41) is 4.81. The minimum atomic E-state index is -0.0115. The van der Waals surface area contributed by atoms with Gasteiger partial charge in [0.05, 0.1) is 11.9 Å². The second-order valence-electron chi connectivity index (χ2n) is 6.72. The standard InChI is InChI=1S/C23H20ClN3O/c24-19-10-7-17(8-11-19)15-27-16-18(21-5-1-2-6-22(21)27)9-12-23(28)26-20-4-3-13-25-14-20/h1-8,10-11,13-14,16H,9,12,15H2,(H,26,28). The summed E-state index contributed by atoms with van der Waals surface area (Å²) in [7, 11) is 0. The van der Waals surface area contributed by atoms with Gasteiger partial charge in [0, 0.05) is 41.3 Å². The van der Waals surface area contributed by atoms with Crippen molar-refractivity contribution < 1.29 is 4.79 Å². The van der Waals surface area contributed by atoms with E-state index < -0.39 is 0 Å². The predicted octanol–water partition coefficient (Wildman–Crippen LogP) is 5.31. The molecule has 0 spiro atoms. The SMILES string of the molecule is O=C(CCc1cn(Cc2ccc(Cl)cc2)c2ccccc12)Nc1cccnc1. The van der Waals surface area contributed by atoms with E-state index in [1.165, 1.54) is 22.0 Å². The maximum absolute atomic E-state index is 12.3. The Kier molecular flexibility index (Phi) is 5.40. The number of hydrogen-bond donors (Lipinski definition) is 1. The number of aromatic nitrogens is 2. The lowest BCUT2D eigenvalue weighted by molar-refractivity contribution is -0.116. The molecule has 0 aliphatic heterocycles. The largest absolute Gasteiger partial charge is 0.343 e. The molecule has 28 heavy (non-hydrogen) atoms. The van der Waals surface area contributed by atoms with Gasteiger partial charge in [0.2, 0.25) is 5.91 Å². The van der Waals surface area contributed by atoms with E-state index in [0.29, 0.717) is 12.8 Å². The van der Waals surface area contributed by atoms with Crippen LogP contribution in [0, 0.1) is 0 Å². The molecule has 2 aromatic heterocycles. The molecule has 4 aromatic rings. The number of nitrogens with zero attached hydrogens (tertiary/aromatic N) is 2. The summed E-state index contributed by atoms with van der Waals surface area (Å²) < 4.78 is 2.23. The molecule has 0 fully saturated rings. The van der Waals surface area contributed by atoms with Crippen molar-refractivity contribution in [3.63, 3.8) is 0 Å². The molecule has 4 rings (SSSR count). The Morgan fingerprint density at radius 2 is 1.86 bits per heavy atom. The Hall–Kier alpha value is -3.11. The zero-order valence-electron chi connectivity index (χ0n) is 15.3. The van der Waals surface area contributed by atoms with Crippen LogP contribution < -0.4 is 5.32 Å². The molecule has 2 aromatic carbocycles. The molecular formula is C23H20ClN3O. The lowest BCUT2D eigenvalue weighted by atomic mass is 10.1. The van der Waals surface area contributed by atoms with Gasteiger partial charge >= 0.3 is 0 Å². The van der Waals surface area contributed by atoms with Gasteiger partial charge in [-0.25, -0.2) is 0 Å². The number of fused-ring (bicyclic) bond motifs is 1. The normalized spacial score (nSPS) is 10.9. The van der Waals surface area contributed by atoms with E-state index in [-0.39, 0.29) is 5.91 Å². The third-order valence-electron chi connectivity index (χ3n) is 4.70. The summed E-state index contributed by atoms with van der Waals surface area (Å²) in [5.74, 6) is -0.0115. The molecule has 0 unspecified atom stereocenters. The van der Waals surface area contributed by atoms with Gasteiger partial charge in [0.1, 0.15) is 0 Å². The first-order valence-corrected chi connectivity index (χ1v) is 9.58. The highest BCUT2D eigenvalue weighted by molar-refractivity contribution is 6.30.